The number of ether oxygens (including phenoxy) is 1. The van der Waals surface area contributed by atoms with E-state index < -0.39 is 29.3 Å². The summed E-state index contributed by atoms with van der Waals surface area (Å²) in [6.07, 6.45) is 0.275. The van der Waals surface area contributed by atoms with E-state index in [9.17, 15) is 18.4 Å². The summed E-state index contributed by atoms with van der Waals surface area (Å²) >= 11 is 0. The number of hydrogen-bond donors (Lipinski definition) is 1. The van der Waals surface area contributed by atoms with E-state index in [-0.39, 0.29) is 17.5 Å². The minimum atomic E-state index is -1.07. The Morgan fingerprint density at radius 1 is 1.19 bits per heavy atom. The first kappa shape index (κ1) is 17.8. The topological polar surface area (TPSA) is 79.2 Å². The molecule has 1 unspecified atom stereocenters. The Hall–Kier alpha value is -3.00. The van der Waals surface area contributed by atoms with Gasteiger partial charge in [0.25, 0.3) is 0 Å². The summed E-state index contributed by atoms with van der Waals surface area (Å²) in [5.74, 6) is -2.60. The van der Waals surface area contributed by atoms with Gasteiger partial charge in [0.2, 0.25) is 0 Å². The summed E-state index contributed by atoms with van der Waals surface area (Å²) in [5, 5.41) is 0. The van der Waals surface area contributed by atoms with E-state index in [0.29, 0.717) is 5.69 Å². The number of esters is 1. The Labute approximate surface area is 147 Å². The molecule has 1 atom stereocenters. The third-order valence-corrected chi connectivity index (χ3v) is 4.26. The van der Waals surface area contributed by atoms with Crippen LogP contribution >= 0.6 is 0 Å². The fraction of sp³-hybridized carbons (Fsp3) is 0.222. The average molecular weight is 361 g/mol. The lowest BCUT2D eigenvalue weighted by molar-refractivity contribution is -0.142. The van der Waals surface area contributed by atoms with Crippen LogP contribution in [0.1, 0.15) is 5.56 Å². The summed E-state index contributed by atoms with van der Waals surface area (Å²) < 4.78 is 34.5. The Bertz CT molecular complexity index is 1040. The molecule has 26 heavy (non-hydrogen) atoms. The maximum Gasteiger partial charge on any atom is 0.333 e. The molecule has 1 aromatic heterocycles. The molecular weight excluding hydrogens is 344 g/mol. The number of benzene rings is 2. The lowest BCUT2D eigenvalue weighted by Gasteiger charge is -2.10. The first-order valence-corrected chi connectivity index (χ1v) is 7.83. The second-order valence-corrected chi connectivity index (χ2v) is 5.91. The van der Waals surface area contributed by atoms with Crippen molar-refractivity contribution >= 4 is 17.0 Å². The van der Waals surface area contributed by atoms with Gasteiger partial charge >= 0.3 is 11.7 Å². The maximum absolute atomic E-state index is 14.1. The lowest BCUT2D eigenvalue weighted by Crippen LogP contribution is -2.33. The lowest BCUT2D eigenvalue weighted by atomic mass is 10.1. The number of rotatable bonds is 4. The number of nitrogens with two attached hydrogens (primary N) is 1. The van der Waals surface area contributed by atoms with Crippen molar-refractivity contribution in [1.29, 1.82) is 0 Å². The molecule has 0 aliphatic rings. The van der Waals surface area contributed by atoms with E-state index in [2.05, 4.69) is 4.74 Å². The van der Waals surface area contributed by atoms with Crippen LogP contribution in [0, 0.1) is 11.6 Å². The molecule has 3 aromatic rings. The zero-order valence-corrected chi connectivity index (χ0v) is 14.2. The van der Waals surface area contributed by atoms with E-state index in [1.807, 2.05) is 0 Å². The predicted octanol–water partition coefficient (Wildman–Crippen LogP) is 1.65. The second-order valence-electron chi connectivity index (χ2n) is 5.91. The van der Waals surface area contributed by atoms with Crippen LogP contribution in [0.3, 0.4) is 0 Å². The molecule has 6 nitrogen and oxygen atoms in total. The molecule has 136 valence electrons. The zero-order valence-electron chi connectivity index (χ0n) is 14.2. The normalized spacial score (nSPS) is 12.3. The van der Waals surface area contributed by atoms with Crippen LogP contribution in [0.25, 0.3) is 16.7 Å². The number of carbonyl (C=O) groups is 1. The second kappa shape index (κ2) is 6.72. The molecule has 2 aromatic carbocycles. The number of nitrogens with zero attached hydrogens (tertiary/aromatic N) is 2. The highest BCUT2D eigenvalue weighted by atomic mass is 19.2. The highest BCUT2D eigenvalue weighted by Gasteiger charge is 2.19. The molecule has 0 aliphatic carbocycles. The van der Waals surface area contributed by atoms with Crippen molar-refractivity contribution in [3.63, 3.8) is 0 Å². The van der Waals surface area contributed by atoms with Crippen LogP contribution in [0.15, 0.2) is 41.2 Å². The highest BCUT2D eigenvalue weighted by molar-refractivity contribution is 5.79. The van der Waals surface area contributed by atoms with Gasteiger partial charge in [-0.2, -0.15) is 0 Å². The quantitative estimate of drug-likeness (QED) is 0.717. The minimum absolute atomic E-state index is 0.105. The summed E-state index contributed by atoms with van der Waals surface area (Å²) in [4.78, 5) is 23.9. The molecule has 0 radical (unpaired) electrons. The Morgan fingerprint density at radius 2 is 1.85 bits per heavy atom. The first-order valence-electron chi connectivity index (χ1n) is 7.83. The van der Waals surface area contributed by atoms with Crippen molar-refractivity contribution in [2.75, 3.05) is 7.11 Å². The van der Waals surface area contributed by atoms with Crippen molar-refractivity contribution in [2.24, 2.45) is 12.8 Å². The van der Waals surface area contributed by atoms with Gasteiger partial charge in [-0.05, 0) is 36.2 Å². The minimum Gasteiger partial charge on any atom is -0.468 e. The molecular formula is C18H17F2N3O3. The van der Waals surface area contributed by atoms with Gasteiger partial charge in [0, 0.05) is 7.05 Å². The standard InChI is InChI=1S/C18H17F2N3O3/c1-22-16-14(8-7-12(19)15(16)20)23(18(22)25)11-5-3-10(4-6-11)9-13(21)17(24)26-2/h3-8,13H,9,21H2,1-2H3. The number of halogens is 2. The van der Waals surface area contributed by atoms with Crippen LogP contribution in [0.4, 0.5) is 8.78 Å². The SMILES string of the molecule is COC(=O)C(N)Cc1ccc(-n2c(=O)n(C)c3c(F)c(F)ccc32)cc1. The summed E-state index contributed by atoms with van der Waals surface area (Å²) in [6, 6.07) is 8.28. The number of carbonyl (C=O) groups excluding carboxylic acids is 1. The van der Waals surface area contributed by atoms with Gasteiger partial charge in [-0.1, -0.05) is 12.1 Å². The predicted molar refractivity (Wildman–Crippen MR) is 92.1 cm³/mol. The molecule has 0 bridgehead atoms. The highest BCUT2D eigenvalue weighted by Crippen LogP contribution is 2.22. The molecule has 2 N–H and O–H groups in total. The van der Waals surface area contributed by atoms with E-state index in [1.54, 1.807) is 24.3 Å². The fourth-order valence-corrected chi connectivity index (χ4v) is 2.90. The summed E-state index contributed by atoms with van der Waals surface area (Å²) in [5.41, 5.74) is 6.65. The van der Waals surface area contributed by atoms with Crippen LogP contribution in [-0.2, 0) is 23.0 Å². The van der Waals surface area contributed by atoms with E-state index in [1.165, 1.54) is 24.8 Å². The molecule has 3 rings (SSSR count). The Morgan fingerprint density at radius 3 is 2.46 bits per heavy atom. The number of aromatic nitrogens is 2. The van der Waals surface area contributed by atoms with Gasteiger partial charge in [0.05, 0.1) is 18.3 Å². The monoisotopic (exact) mass is 361 g/mol. The van der Waals surface area contributed by atoms with Gasteiger partial charge in [-0.3, -0.25) is 13.9 Å². The molecule has 0 fully saturated rings. The number of methoxy groups -OCH3 is 1. The Kier molecular flexibility index (Phi) is 4.60. The summed E-state index contributed by atoms with van der Waals surface area (Å²) in [6.45, 7) is 0. The molecule has 0 saturated carbocycles. The first-order chi connectivity index (χ1) is 12.3. The molecule has 8 heteroatoms. The average Bonchev–Trinajstić information content (AvgIpc) is 2.89. The number of fused-ring (bicyclic) bond motifs is 1. The number of imidazole rings is 1. The molecule has 0 amide bonds. The van der Waals surface area contributed by atoms with Gasteiger partial charge < -0.3 is 10.5 Å². The third kappa shape index (κ3) is 2.88. The smallest absolute Gasteiger partial charge is 0.333 e. The van der Waals surface area contributed by atoms with Crippen molar-refractivity contribution in [1.82, 2.24) is 9.13 Å². The van der Waals surface area contributed by atoms with Crippen LogP contribution < -0.4 is 11.4 Å². The van der Waals surface area contributed by atoms with E-state index in [0.717, 1.165) is 16.2 Å². The van der Waals surface area contributed by atoms with E-state index in [4.69, 9.17) is 5.73 Å². The van der Waals surface area contributed by atoms with Gasteiger partial charge in [-0.25, -0.2) is 13.6 Å². The molecule has 1 heterocycles. The molecule has 0 spiro atoms. The van der Waals surface area contributed by atoms with Crippen molar-refractivity contribution in [3.05, 3.63) is 64.1 Å². The fourth-order valence-electron chi connectivity index (χ4n) is 2.90. The zero-order chi connectivity index (χ0) is 19.0. The molecule has 0 aliphatic heterocycles. The van der Waals surface area contributed by atoms with Crippen molar-refractivity contribution in [3.8, 4) is 5.69 Å². The van der Waals surface area contributed by atoms with Gasteiger partial charge in [-0.15, -0.1) is 0 Å². The van der Waals surface area contributed by atoms with Crippen molar-refractivity contribution < 1.29 is 18.3 Å². The molecule has 0 saturated heterocycles. The van der Waals surface area contributed by atoms with Crippen LogP contribution in [0.2, 0.25) is 0 Å². The Balaban J connectivity index is 2.03. The summed E-state index contributed by atoms with van der Waals surface area (Å²) in [7, 11) is 2.65. The maximum atomic E-state index is 14.1. The van der Waals surface area contributed by atoms with Gasteiger partial charge in [0.15, 0.2) is 11.6 Å². The number of hydrogen-bond acceptors (Lipinski definition) is 4. The van der Waals surface area contributed by atoms with Gasteiger partial charge in [0.1, 0.15) is 11.6 Å². The van der Waals surface area contributed by atoms with Crippen molar-refractivity contribution in [2.45, 2.75) is 12.5 Å². The van der Waals surface area contributed by atoms with Crippen LogP contribution in [0.5, 0.6) is 0 Å². The third-order valence-electron chi connectivity index (χ3n) is 4.26. The number of aryl methyl sites for hydroxylation is 1. The van der Waals surface area contributed by atoms with E-state index >= 15 is 0 Å². The van der Waals surface area contributed by atoms with Crippen LogP contribution in [-0.4, -0.2) is 28.3 Å². The largest absolute Gasteiger partial charge is 0.468 e.